The number of carbonyl (C=O) groups is 1. The minimum atomic E-state index is -0.643. The number of rotatable bonds is 4. The lowest BCUT2D eigenvalue weighted by Crippen LogP contribution is -2.42. The number of benzene rings is 1. The number of pyridine rings is 1. The quantitative estimate of drug-likeness (QED) is 0.771. The maximum Gasteiger partial charge on any atom is 0.263 e. The minimum absolute atomic E-state index is 0.0855. The van der Waals surface area contributed by atoms with E-state index in [1.807, 2.05) is 18.3 Å². The molecule has 4 nitrogen and oxygen atoms in total. The van der Waals surface area contributed by atoms with Crippen LogP contribution in [0.4, 0.5) is 4.39 Å². The molecule has 0 spiro atoms. The van der Waals surface area contributed by atoms with Crippen molar-refractivity contribution in [2.24, 2.45) is 0 Å². The molecule has 3 rings (SSSR count). The van der Waals surface area contributed by atoms with Crippen molar-refractivity contribution < 1.29 is 13.9 Å². The standard InChI is InChI=1S/C19H18BrFN2O2/c1-13(25-18-5-4-16(21)11-17(18)20)19(24)23-9-6-14(7-10-23)15-3-2-8-22-12-15/h2-6,8,11-13H,7,9-10H2,1H3/t13-/m1/s1. The number of nitrogens with zero attached hydrogens (tertiary/aromatic N) is 2. The van der Waals surface area contributed by atoms with Gasteiger partial charge in [0.2, 0.25) is 0 Å². The summed E-state index contributed by atoms with van der Waals surface area (Å²) in [6.07, 6.45) is 5.77. The number of aromatic nitrogens is 1. The molecule has 1 aliphatic rings. The summed E-state index contributed by atoms with van der Waals surface area (Å²) in [5.41, 5.74) is 2.29. The van der Waals surface area contributed by atoms with Crippen molar-refractivity contribution in [3.8, 4) is 5.75 Å². The normalized spacial score (nSPS) is 15.5. The fourth-order valence-corrected chi connectivity index (χ4v) is 3.20. The largest absolute Gasteiger partial charge is 0.480 e. The van der Waals surface area contributed by atoms with Crippen LogP contribution < -0.4 is 4.74 Å². The first-order chi connectivity index (χ1) is 12.0. The average Bonchev–Trinajstić information content (AvgIpc) is 2.64. The molecule has 2 heterocycles. The third-order valence-electron chi connectivity index (χ3n) is 4.10. The van der Waals surface area contributed by atoms with Gasteiger partial charge in [0.05, 0.1) is 4.47 Å². The highest BCUT2D eigenvalue weighted by molar-refractivity contribution is 9.10. The van der Waals surface area contributed by atoms with Crippen LogP contribution in [-0.2, 0) is 4.79 Å². The van der Waals surface area contributed by atoms with Crippen LogP contribution in [0.15, 0.2) is 53.3 Å². The first-order valence-corrected chi connectivity index (χ1v) is 8.84. The lowest BCUT2D eigenvalue weighted by molar-refractivity contribution is -0.137. The molecule has 0 aliphatic carbocycles. The van der Waals surface area contributed by atoms with Crippen LogP contribution in [0.2, 0.25) is 0 Å². The molecule has 130 valence electrons. The molecule has 1 aliphatic heterocycles. The van der Waals surface area contributed by atoms with E-state index in [1.54, 1.807) is 18.0 Å². The van der Waals surface area contributed by atoms with E-state index in [2.05, 4.69) is 27.0 Å². The van der Waals surface area contributed by atoms with E-state index < -0.39 is 6.10 Å². The zero-order chi connectivity index (χ0) is 17.8. The summed E-state index contributed by atoms with van der Waals surface area (Å²) < 4.78 is 19.3. The molecular weight excluding hydrogens is 387 g/mol. The van der Waals surface area contributed by atoms with E-state index in [0.29, 0.717) is 23.3 Å². The van der Waals surface area contributed by atoms with Crippen LogP contribution in [0.5, 0.6) is 5.75 Å². The van der Waals surface area contributed by atoms with Gasteiger partial charge in [-0.25, -0.2) is 4.39 Å². The Bertz CT molecular complexity index is 795. The number of amides is 1. The maximum atomic E-state index is 13.1. The number of halogens is 2. The van der Waals surface area contributed by atoms with Crippen molar-refractivity contribution in [2.75, 3.05) is 13.1 Å². The van der Waals surface area contributed by atoms with Crippen molar-refractivity contribution in [1.82, 2.24) is 9.88 Å². The summed E-state index contributed by atoms with van der Waals surface area (Å²) in [7, 11) is 0. The first kappa shape index (κ1) is 17.6. The summed E-state index contributed by atoms with van der Waals surface area (Å²) in [6, 6.07) is 8.06. The Balaban J connectivity index is 1.63. The Morgan fingerprint density at radius 1 is 1.40 bits per heavy atom. The molecule has 0 saturated carbocycles. The lowest BCUT2D eigenvalue weighted by atomic mass is 10.0. The maximum absolute atomic E-state index is 13.1. The molecule has 6 heteroatoms. The second kappa shape index (κ2) is 7.78. The molecule has 0 N–H and O–H groups in total. The van der Waals surface area contributed by atoms with Gasteiger partial charge in [-0.1, -0.05) is 12.1 Å². The van der Waals surface area contributed by atoms with E-state index in [1.165, 1.54) is 23.8 Å². The highest BCUT2D eigenvalue weighted by atomic mass is 79.9. The van der Waals surface area contributed by atoms with E-state index in [0.717, 1.165) is 12.0 Å². The molecule has 2 aromatic rings. The molecule has 0 saturated heterocycles. The zero-order valence-corrected chi connectivity index (χ0v) is 15.4. The third kappa shape index (κ3) is 4.25. The van der Waals surface area contributed by atoms with Crippen molar-refractivity contribution in [3.63, 3.8) is 0 Å². The van der Waals surface area contributed by atoms with E-state index in [9.17, 15) is 9.18 Å². The fourth-order valence-electron chi connectivity index (χ4n) is 2.75. The van der Waals surface area contributed by atoms with E-state index in [-0.39, 0.29) is 11.7 Å². The second-order valence-electron chi connectivity index (χ2n) is 5.84. The molecule has 0 fully saturated rings. The molecule has 1 amide bonds. The highest BCUT2D eigenvalue weighted by Crippen LogP contribution is 2.27. The number of ether oxygens (including phenoxy) is 1. The van der Waals surface area contributed by atoms with Crippen molar-refractivity contribution in [1.29, 1.82) is 0 Å². The van der Waals surface area contributed by atoms with Gasteiger partial charge in [0, 0.05) is 25.5 Å². The number of hydrogen-bond acceptors (Lipinski definition) is 3. The van der Waals surface area contributed by atoms with Gasteiger partial charge in [-0.3, -0.25) is 9.78 Å². The topological polar surface area (TPSA) is 42.4 Å². The molecule has 0 radical (unpaired) electrons. The van der Waals surface area contributed by atoms with Gasteiger partial charge in [0.1, 0.15) is 11.6 Å². The molecule has 0 unspecified atom stereocenters. The van der Waals surface area contributed by atoms with Crippen molar-refractivity contribution in [2.45, 2.75) is 19.4 Å². The Hall–Kier alpha value is -2.21. The summed E-state index contributed by atoms with van der Waals surface area (Å²) in [6.45, 7) is 2.89. The second-order valence-corrected chi connectivity index (χ2v) is 6.69. The van der Waals surface area contributed by atoms with Crippen LogP contribution in [0.3, 0.4) is 0 Å². The SMILES string of the molecule is C[C@@H](Oc1ccc(F)cc1Br)C(=O)N1CC=C(c2cccnc2)CC1. The van der Waals surface area contributed by atoms with Crippen LogP contribution >= 0.6 is 15.9 Å². The lowest BCUT2D eigenvalue weighted by Gasteiger charge is -2.29. The zero-order valence-electron chi connectivity index (χ0n) is 13.8. The molecule has 25 heavy (non-hydrogen) atoms. The Morgan fingerprint density at radius 3 is 2.88 bits per heavy atom. The van der Waals surface area contributed by atoms with Gasteiger partial charge in [-0.05, 0) is 64.7 Å². The van der Waals surface area contributed by atoms with Gasteiger partial charge in [0.15, 0.2) is 6.10 Å². The summed E-state index contributed by atoms with van der Waals surface area (Å²) in [5, 5.41) is 0. The highest BCUT2D eigenvalue weighted by Gasteiger charge is 2.24. The summed E-state index contributed by atoms with van der Waals surface area (Å²) >= 11 is 3.25. The third-order valence-corrected chi connectivity index (χ3v) is 4.72. The predicted octanol–water partition coefficient (Wildman–Crippen LogP) is 4.07. The predicted molar refractivity (Wildman–Crippen MR) is 97.6 cm³/mol. The molecule has 1 aromatic heterocycles. The summed E-state index contributed by atoms with van der Waals surface area (Å²) in [5.74, 6) is 0.00543. The van der Waals surface area contributed by atoms with Gasteiger partial charge in [0.25, 0.3) is 5.91 Å². The molecule has 1 aromatic carbocycles. The van der Waals surface area contributed by atoms with Gasteiger partial charge >= 0.3 is 0 Å². The first-order valence-electron chi connectivity index (χ1n) is 8.04. The Labute approximate surface area is 154 Å². The van der Waals surface area contributed by atoms with Gasteiger partial charge in [-0.2, -0.15) is 0 Å². The summed E-state index contributed by atoms with van der Waals surface area (Å²) in [4.78, 5) is 18.5. The van der Waals surface area contributed by atoms with Gasteiger partial charge < -0.3 is 9.64 Å². The van der Waals surface area contributed by atoms with Crippen LogP contribution in [0, 0.1) is 5.82 Å². The fraction of sp³-hybridized carbons (Fsp3) is 0.263. The molecule has 1 atom stereocenters. The monoisotopic (exact) mass is 404 g/mol. The van der Waals surface area contributed by atoms with Crippen molar-refractivity contribution in [3.05, 3.63) is 64.7 Å². The van der Waals surface area contributed by atoms with Crippen molar-refractivity contribution >= 4 is 27.4 Å². The Morgan fingerprint density at radius 2 is 2.24 bits per heavy atom. The Kier molecular flexibility index (Phi) is 5.48. The number of carbonyl (C=O) groups excluding carboxylic acids is 1. The van der Waals surface area contributed by atoms with Gasteiger partial charge in [-0.15, -0.1) is 0 Å². The van der Waals surface area contributed by atoms with Crippen LogP contribution in [0.1, 0.15) is 18.9 Å². The number of hydrogen-bond donors (Lipinski definition) is 0. The smallest absolute Gasteiger partial charge is 0.263 e. The molecular formula is C19H18BrFN2O2. The average molecular weight is 405 g/mol. The molecule has 0 bridgehead atoms. The van der Waals surface area contributed by atoms with Crippen LogP contribution in [-0.4, -0.2) is 35.0 Å². The van der Waals surface area contributed by atoms with E-state index in [4.69, 9.17) is 4.74 Å². The van der Waals surface area contributed by atoms with E-state index >= 15 is 0 Å². The minimum Gasteiger partial charge on any atom is -0.480 e. The van der Waals surface area contributed by atoms with Crippen LogP contribution in [0.25, 0.3) is 5.57 Å².